The Morgan fingerprint density at radius 1 is 0.292 bits per heavy atom. The highest BCUT2D eigenvalue weighted by molar-refractivity contribution is 6.26. The third-order valence-electron chi connectivity index (χ3n) is 10.4. The molecule has 1 aliphatic carbocycles. The lowest BCUT2D eigenvalue weighted by atomic mass is 9.74. The standard InChI is InChI=1S/C48H36/c1-3-36-45-38-29-17-27-31-28-18-30-39(40(31)38)46(45)37(4-2)48-44(35-25-15-8-16-26-35)42(33-21-11-6-12-22-33)41(32-19-9-5-10-20-32)43(47(36)48)34-23-13-7-14-24-34/h5-30H,3-4H2,1-2H3. The molecule has 0 heteroatoms. The van der Waals surface area contributed by atoms with Gasteiger partial charge in [0.2, 0.25) is 0 Å². The van der Waals surface area contributed by atoms with Gasteiger partial charge in [-0.15, -0.1) is 0 Å². The molecule has 0 saturated heterocycles. The third kappa shape index (κ3) is 4.16. The zero-order valence-electron chi connectivity index (χ0n) is 27.4. The van der Waals surface area contributed by atoms with E-state index < -0.39 is 0 Å². The summed E-state index contributed by atoms with van der Waals surface area (Å²) in [4.78, 5) is 0. The molecule has 0 nitrogen and oxygen atoms in total. The Kier molecular flexibility index (Phi) is 6.83. The van der Waals surface area contributed by atoms with Gasteiger partial charge >= 0.3 is 0 Å². The number of hydrogen-bond acceptors (Lipinski definition) is 0. The second-order valence-electron chi connectivity index (χ2n) is 12.8. The SMILES string of the molecule is CCc1c2c(c(CC)c3c(-c4ccccc4)c(-c4ccccc4)c(-c4ccccc4)c(-c4ccccc4)c13)-c1cccc3cccc-2c13. The first-order valence-electron chi connectivity index (χ1n) is 17.3. The van der Waals surface area contributed by atoms with E-state index in [1.807, 2.05) is 0 Å². The van der Waals surface area contributed by atoms with E-state index >= 15 is 0 Å². The fourth-order valence-corrected chi connectivity index (χ4v) is 8.54. The van der Waals surface area contributed by atoms with Crippen LogP contribution in [0.1, 0.15) is 25.0 Å². The lowest BCUT2D eigenvalue weighted by molar-refractivity contribution is 1.14. The van der Waals surface area contributed by atoms with Gasteiger partial charge in [-0.05, 0) is 112 Å². The molecule has 0 fully saturated rings. The summed E-state index contributed by atoms with van der Waals surface area (Å²) in [5, 5.41) is 5.49. The summed E-state index contributed by atoms with van der Waals surface area (Å²) >= 11 is 0. The summed E-state index contributed by atoms with van der Waals surface area (Å²) in [6.45, 7) is 4.71. The molecule has 0 radical (unpaired) electrons. The Morgan fingerprint density at radius 3 is 0.958 bits per heavy atom. The summed E-state index contributed by atoms with van der Waals surface area (Å²) in [6, 6.07) is 58.2. The molecule has 48 heavy (non-hydrogen) atoms. The summed E-state index contributed by atoms with van der Waals surface area (Å²) < 4.78 is 0. The second kappa shape index (κ2) is 11.5. The topological polar surface area (TPSA) is 0 Å². The molecule has 8 aromatic rings. The van der Waals surface area contributed by atoms with Crippen molar-refractivity contribution in [1.29, 1.82) is 0 Å². The zero-order chi connectivity index (χ0) is 32.2. The van der Waals surface area contributed by atoms with Gasteiger partial charge in [0.25, 0.3) is 0 Å². The Balaban J connectivity index is 1.64. The molecule has 0 bridgehead atoms. The van der Waals surface area contributed by atoms with Crippen molar-refractivity contribution in [2.24, 2.45) is 0 Å². The molecule has 0 amide bonds. The van der Waals surface area contributed by atoms with Crippen LogP contribution in [-0.2, 0) is 12.8 Å². The minimum absolute atomic E-state index is 0.931. The first-order chi connectivity index (χ1) is 23.8. The summed E-state index contributed by atoms with van der Waals surface area (Å²) in [6.07, 6.45) is 1.86. The Hall–Kier alpha value is -5.72. The summed E-state index contributed by atoms with van der Waals surface area (Å²) in [7, 11) is 0. The van der Waals surface area contributed by atoms with E-state index in [9.17, 15) is 0 Å². The molecule has 8 aromatic carbocycles. The predicted molar refractivity (Wildman–Crippen MR) is 206 cm³/mol. The highest BCUT2D eigenvalue weighted by atomic mass is 14.4. The van der Waals surface area contributed by atoms with Crippen molar-refractivity contribution in [3.8, 4) is 66.8 Å². The second-order valence-corrected chi connectivity index (χ2v) is 12.8. The van der Waals surface area contributed by atoms with Gasteiger partial charge < -0.3 is 0 Å². The van der Waals surface area contributed by atoms with Crippen LogP contribution in [0, 0.1) is 0 Å². The summed E-state index contributed by atoms with van der Waals surface area (Å²) in [5.41, 5.74) is 18.7. The largest absolute Gasteiger partial charge is 0.0622 e. The average Bonchev–Trinajstić information content (AvgIpc) is 3.49. The number of aryl methyl sites for hydroxylation is 2. The first kappa shape index (κ1) is 28.5. The van der Waals surface area contributed by atoms with E-state index in [1.54, 1.807) is 0 Å². The number of hydrogen-bond donors (Lipinski definition) is 0. The lowest BCUT2D eigenvalue weighted by Gasteiger charge is -2.29. The zero-order valence-corrected chi connectivity index (χ0v) is 27.4. The van der Waals surface area contributed by atoms with Gasteiger partial charge in [0.1, 0.15) is 0 Å². The van der Waals surface area contributed by atoms with Crippen LogP contribution in [0.4, 0.5) is 0 Å². The fourth-order valence-electron chi connectivity index (χ4n) is 8.54. The van der Waals surface area contributed by atoms with Crippen LogP contribution < -0.4 is 0 Å². The maximum absolute atomic E-state index is 2.36. The van der Waals surface area contributed by atoms with Crippen molar-refractivity contribution >= 4 is 21.5 Å². The van der Waals surface area contributed by atoms with Gasteiger partial charge in [-0.1, -0.05) is 172 Å². The van der Waals surface area contributed by atoms with Crippen LogP contribution in [0.3, 0.4) is 0 Å². The highest BCUT2D eigenvalue weighted by Crippen LogP contribution is 2.59. The van der Waals surface area contributed by atoms with Gasteiger partial charge in [0, 0.05) is 0 Å². The molecule has 9 rings (SSSR count). The Labute approximate surface area is 283 Å². The molecular formula is C48H36. The number of benzene rings is 8. The molecule has 0 spiro atoms. The van der Waals surface area contributed by atoms with E-state index in [4.69, 9.17) is 0 Å². The van der Waals surface area contributed by atoms with Crippen LogP contribution >= 0.6 is 0 Å². The van der Waals surface area contributed by atoms with Crippen LogP contribution in [0.25, 0.3) is 88.3 Å². The van der Waals surface area contributed by atoms with E-state index in [-0.39, 0.29) is 0 Å². The van der Waals surface area contributed by atoms with Crippen molar-refractivity contribution in [3.05, 3.63) is 169 Å². The van der Waals surface area contributed by atoms with Gasteiger partial charge in [-0.3, -0.25) is 0 Å². The maximum Gasteiger partial charge on any atom is -0.00140 e. The van der Waals surface area contributed by atoms with Crippen LogP contribution in [0.2, 0.25) is 0 Å². The molecule has 0 saturated carbocycles. The molecule has 0 aliphatic heterocycles. The molecule has 228 valence electrons. The third-order valence-corrected chi connectivity index (χ3v) is 10.4. The molecule has 0 atom stereocenters. The van der Waals surface area contributed by atoms with Crippen LogP contribution in [-0.4, -0.2) is 0 Å². The molecular weight excluding hydrogens is 577 g/mol. The molecule has 0 N–H and O–H groups in total. The van der Waals surface area contributed by atoms with E-state index in [0.717, 1.165) is 12.8 Å². The molecule has 0 aromatic heterocycles. The quantitative estimate of drug-likeness (QED) is 0.175. The van der Waals surface area contributed by atoms with Gasteiger partial charge in [0.15, 0.2) is 0 Å². The van der Waals surface area contributed by atoms with E-state index in [0.29, 0.717) is 0 Å². The normalized spacial score (nSPS) is 11.7. The van der Waals surface area contributed by atoms with Crippen molar-refractivity contribution in [1.82, 2.24) is 0 Å². The Morgan fingerprint density at radius 2 is 0.625 bits per heavy atom. The predicted octanol–water partition coefficient (Wildman–Crippen LogP) is 13.4. The van der Waals surface area contributed by atoms with Gasteiger partial charge in [-0.25, -0.2) is 0 Å². The van der Waals surface area contributed by atoms with Crippen LogP contribution in [0.15, 0.2) is 158 Å². The molecule has 1 aliphatic rings. The van der Waals surface area contributed by atoms with Crippen molar-refractivity contribution in [2.75, 3.05) is 0 Å². The molecule has 0 heterocycles. The highest BCUT2D eigenvalue weighted by Gasteiger charge is 2.33. The summed E-state index contributed by atoms with van der Waals surface area (Å²) in [5.74, 6) is 0. The number of fused-ring (bicyclic) bond motifs is 4. The minimum atomic E-state index is 0.931. The van der Waals surface area contributed by atoms with E-state index in [2.05, 4.69) is 172 Å². The van der Waals surface area contributed by atoms with Crippen LogP contribution in [0.5, 0.6) is 0 Å². The molecule has 0 unspecified atom stereocenters. The van der Waals surface area contributed by atoms with Gasteiger partial charge in [-0.2, -0.15) is 0 Å². The van der Waals surface area contributed by atoms with E-state index in [1.165, 1.54) is 99.4 Å². The maximum atomic E-state index is 2.36. The van der Waals surface area contributed by atoms with Crippen molar-refractivity contribution in [2.45, 2.75) is 26.7 Å². The first-order valence-corrected chi connectivity index (χ1v) is 17.3. The van der Waals surface area contributed by atoms with Crippen molar-refractivity contribution in [3.63, 3.8) is 0 Å². The smallest absolute Gasteiger partial charge is 0.00140 e. The number of rotatable bonds is 6. The van der Waals surface area contributed by atoms with Gasteiger partial charge in [0.05, 0.1) is 0 Å². The lowest BCUT2D eigenvalue weighted by Crippen LogP contribution is -2.04. The van der Waals surface area contributed by atoms with Crippen molar-refractivity contribution < 1.29 is 0 Å². The minimum Gasteiger partial charge on any atom is -0.0622 e. The fraction of sp³-hybridized carbons (Fsp3) is 0.0833. The monoisotopic (exact) mass is 612 g/mol. The average molecular weight is 613 g/mol. The Bertz CT molecular complexity index is 2300.